The third kappa shape index (κ3) is 3.71. The largest absolute Gasteiger partial charge is 0.396 e. The molecule has 0 bridgehead atoms. The first-order chi connectivity index (χ1) is 10.2. The van der Waals surface area contributed by atoms with Crippen LogP contribution in [0.1, 0.15) is 50.1 Å². The number of aromatic nitrogens is 2. The van der Waals surface area contributed by atoms with Gasteiger partial charge in [0.2, 0.25) is 0 Å². The number of hydrogen-bond donors (Lipinski definition) is 3. The summed E-state index contributed by atoms with van der Waals surface area (Å²) in [4.78, 5) is 8.70. The van der Waals surface area contributed by atoms with Gasteiger partial charge in [-0.2, -0.15) is 0 Å². The van der Waals surface area contributed by atoms with Crippen LogP contribution in [0.3, 0.4) is 0 Å². The predicted molar refractivity (Wildman–Crippen MR) is 83.0 cm³/mol. The Balaban J connectivity index is 1.48. The Morgan fingerprint density at radius 3 is 2.52 bits per heavy atom. The number of rotatable bonds is 5. The first-order valence-corrected chi connectivity index (χ1v) is 8.17. The molecule has 2 saturated carbocycles. The van der Waals surface area contributed by atoms with Crippen molar-refractivity contribution in [1.82, 2.24) is 9.97 Å². The number of nitrogens with one attached hydrogen (secondary N) is 1. The average Bonchev–Trinajstić information content (AvgIpc) is 2.50. The van der Waals surface area contributed by atoms with Gasteiger partial charge in [0.15, 0.2) is 0 Å². The van der Waals surface area contributed by atoms with Gasteiger partial charge in [0.1, 0.15) is 12.1 Å². The Hall–Kier alpha value is -1.20. The molecule has 5 nitrogen and oxygen atoms in total. The van der Waals surface area contributed by atoms with E-state index < -0.39 is 0 Å². The molecule has 0 spiro atoms. The smallest absolute Gasteiger partial charge is 0.129 e. The Bertz CT molecular complexity index is 453. The van der Waals surface area contributed by atoms with E-state index in [1.165, 1.54) is 12.8 Å². The SMILES string of the molecule is NC1CC(c2cc(NCC3CCC(CO)CC3)ncn2)C1. The summed E-state index contributed by atoms with van der Waals surface area (Å²) >= 11 is 0. The van der Waals surface area contributed by atoms with Crippen molar-refractivity contribution in [2.75, 3.05) is 18.5 Å². The summed E-state index contributed by atoms with van der Waals surface area (Å²) in [7, 11) is 0. The second-order valence-electron chi connectivity index (χ2n) is 6.71. The van der Waals surface area contributed by atoms with Crippen molar-refractivity contribution >= 4 is 5.82 Å². The van der Waals surface area contributed by atoms with Gasteiger partial charge in [-0.05, 0) is 50.4 Å². The molecule has 21 heavy (non-hydrogen) atoms. The maximum Gasteiger partial charge on any atom is 0.129 e. The fourth-order valence-corrected chi connectivity index (χ4v) is 3.46. The molecule has 2 aliphatic carbocycles. The zero-order chi connectivity index (χ0) is 14.7. The van der Waals surface area contributed by atoms with Crippen LogP contribution in [-0.4, -0.2) is 34.3 Å². The van der Waals surface area contributed by atoms with Gasteiger partial charge in [0.05, 0.1) is 0 Å². The number of aliphatic hydroxyl groups is 1. The Morgan fingerprint density at radius 2 is 1.86 bits per heavy atom. The molecule has 1 aromatic heterocycles. The molecular weight excluding hydrogens is 264 g/mol. The van der Waals surface area contributed by atoms with Crippen LogP contribution in [0.4, 0.5) is 5.82 Å². The molecule has 3 rings (SSSR count). The monoisotopic (exact) mass is 290 g/mol. The lowest BCUT2D eigenvalue weighted by atomic mass is 9.78. The molecule has 0 radical (unpaired) electrons. The third-order valence-electron chi connectivity index (χ3n) is 5.08. The lowest BCUT2D eigenvalue weighted by molar-refractivity contribution is 0.170. The van der Waals surface area contributed by atoms with Gasteiger partial charge in [-0.25, -0.2) is 9.97 Å². The fraction of sp³-hybridized carbons (Fsp3) is 0.750. The van der Waals surface area contributed by atoms with E-state index in [2.05, 4.69) is 21.4 Å². The molecule has 0 atom stereocenters. The molecular formula is C16H26N4O. The molecule has 4 N–H and O–H groups in total. The summed E-state index contributed by atoms with van der Waals surface area (Å²) in [6, 6.07) is 2.43. The maximum absolute atomic E-state index is 9.17. The van der Waals surface area contributed by atoms with E-state index in [0.29, 0.717) is 30.4 Å². The van der Waals surface area contributed by atoms with Crippen LogP contribution in [0.5, 0.6) is 0 Å². The van der Waals surface area contributed by atoms with E-state index in [1.54, 1.807) is 6.33 Å². The van der Waals surface area contributed by atoms with E-state index in [9.17, 15) is 5.11 Å². The van der Waals surface area contributed by atoms with Crippen LogP contribution in [0.25, 0.3) is 0 Å². The van der Waals surface area contributed by atoms with Crippen molar-refractivity contribution in [2.45, 2.75) is 50.5 Å². The lowest BCUT2D eigenvalue weighted by Crippen LogP contribution is -2.35. The molecule has 0 aromatic carbocycles. The van der Waals surface area contributed by atoms with Crippen LogP contribution in [0.15, 0.2) is 12.4 Å². The molecule has 116 valence electrons. The summed E-state index contributed by atoms with van der Waals surface area (Å²) in [5.41, 5.74) is 6.97. The summed E-state index contributed by atoms with van der Waals surface area (Å²) in [5.74, 6) is 2.67. The molecule has 2 aliphatic rings. The molecule has 1 aromatic rings. The standard InChI is InChI=1S/C16H26N4O/c17-14-5-13(6-14)15-7-16(20-10-19-15)18-8-11-1-3-12(9-21)4-2-11/h7,10-14,21H,1-6,8-9,17H2,(H,18,19,20). The minimum absolute atomic E-state index is 0.346. The van der Waals surface area contributed by atoms with E-state index in [4.69, 9.17) is 5.73 Å². The minimum atomic E-state index is 0.346. The Morgan fingerprint density at radius 1 is 1.14 bits per heavy atom. The highest BCUT2D eigenvalue weighted by Crippen LogP contribution is 2.35. The van der Waals surface area contributed by atoms with Gasteiger partial charge < -0.3 is 16.2 Å². The molecule has 0 saturated heterocycles. The Labute approximate surface area is 126 Å². The Kier molecular flexibility index (Phi) is 4.70. The normalized spacial score (nSPS) is 32.5. The van der Waals surface area contributed by atoms with Crippen molar-refractivity contribution in [3.8, 4) is 0 Å². The number of aliphatic hydroxyl groups excluding tert-OH is 1. The maximum atomic E-state index is 9.17. The van der Waals surface area contributed by atoms with E-state index in [-0.39, 0.29) is 0 Å². The van der Waals surface area contributed by atoms with Crippen LogP contribution in [-0.2, 0) is 0 Å². The van der Waals surface area contributed by atoms with Crippen molar-refractivity contribution in [2.24, 2.45) is 17.6 Å². The molecule has 1 heterocycles. The molecule has 5 heteroatoms. The van der Waals surface area contributed by atoms with Crippen molar-refractivity contribution in [3.05, 3.63) is 18.1 Å². The molecule has 0 amide bonds. The zero-order valence-electron chi connectivity index (χ0n) is 12.5. The topological polar surface area (TPSA) is 84.1 Å². The predicted octanol–water partition coefficient (Wildman–Crippen LogP) is 1.89. The number of hydrogen-bond acceptors (Lipinski definition) is 5. The average molecular weight is 290 g/mol. The third-order valence-corrected chi connectivity index (χ3v) is 5.08. The van der Waals surface area contributed by atoms with Crippen LogP contribution in [0, 0.1) is 11.8 Å². The van der Waals surface area contributed by atoms with E-state index in [0.717, 1.165) is 43.7 Å². The van der Waals surface area contributed by atoms with Gasteiger partial charge in [0.25, 0.3) is 0 Å². The fourth-order valence-electron chi connectivity index (χ4n) is 3.46. The van der Waals surface area contributed by atoms with Crippen molar-refractivity contribution < 1.29 is 5.11 Å². The van der Waals surface area contributed by atoms with Gasteiger partial charge in [-0.3, -0.25) is 0 Å². The van der Waals surface area contributed by atoms with E-state index >= 15 is 0 Å². The summed E-state index contributed by atoms with van der Waals surface area (Å²) in [5, 5.41) is 12.6. The van der Waals surface area contributed by atoms with Gasteiger partial charge >= 0.3 is 0 Å². The van der Waals surface area contributed by atoms with Crippen LogP contribution in [0.2, 0.25) is 0 Å². The molecule has 0 unspecified atom stereocenters. The second-order valence-corrected chi connectivity index (χ2v) is 6.71. The van der Waals surface area contributed by atoms with Gasteiger partial charge in [0, 0.05) is 36.9 Å². The molecule has 2 fully saturated rings. The quantitative estimate of drug-likeness (QED) is 0.771. The first kappa shape index (κ1) is 14.7. The lowest BCUT2D eigenvalue weighted by Gasteiger charge is -2.32. The first-order valence-electron chi connectivity index (χ1n) is 8.17. The zero-order valence-corrected chi connectivity index (χ0v) is 12.5. The van der Waals surface area contributed by atoms with E-state index in [1.807, 2.05) is 0 Å². The van der Waals surface area contributed by atoms with Crippen molar-refractivity contribution in [1.29, 1.82) is 0 Å². The van der Waals surface area contributed by atoms with Gasteiger partial charge in [-0.1, -0.05) is 0 Å². The summed E-state index contributed by atoms with van der Waals surface area (Å²) in [6.45, 7) is 1.32. The summed E-state index contributed by atoms with van der Waals surface area (Å²) < 4.78 is 0. The highest BCUT2D eigenvalue weighted by Gasteiger charge is 2.28. The number of nitrogens with zero attached hydrogens (tertiary/aromatic N) is 2. The van der Waals surface area contributed by atoms with Crippen LogP contribution < -0.4 is 11.1 Å². The second kappa shape index (κ2) is 6.71. The number of nitrogens with two attached hydrogens (primary N) is 1. The minimum Gasteiger partial charge on any atom is -0.396 e. The highest BCUT2D eigenvalue weighted by molar-refractivity contribution is 5.36. The molecule has 0 aliphatic heterocycles. The van der Waals surface area contributed by atoms with Crippen molar-refractivity contribution in [3.63, 3.8) is 0 Å². The summed E-state index contributed by atoms with van der Waals surface area (Å²) in [6.07, 6.45) is 8.45. The number of anilines is 1. The van der Waals surface area contributed by atoms with Crippen LogP contribution >= 0.6 is 0 Å². The van der Waals surface area contributed by atoms with Gasteiger partial charge in [-0.15, -0.1) is 0 Å². The highest BCUT2D eigenvalue weighted by atomic mass is 16.3.